The van der Waals surface area contributed by atoms with E-state index in [-0.39, 0.29) is 24.8 Å². The van der Waals surface area contributed by atoms with E-state index in [1.165, 1.54) is 6.33 Å². The highest BCUT2D eigenvalue weighted by Crippen LogP contribution is 2.46. The molecule has 1 aliphatic heterocycles. The summed E-state index contributed by atoms with van der Waals surface area (Å²) in [4.78, 5) is 23.5. The molecule has 5 heterocycles. The zero-order valence-corrected chi connectivity index (χ0v) is 20.6. The number of benzene rings is 1. The molecule has 0 radical (unpaired) electrons. The normalized spacial score (nSPS) is 17.0. The third-order valence-corrected chi connectivity index (χ3v) is 7.58. The summed E-state index contributed by atoms with van der Waals surface area (Å²) in [6, 6.07) is 13.4. The van der Waals surface area contributed by atoms with Gasteiger partial charge in [-0.25, -0.2) is 13.8 Å². The van der Waals surface area contributed by atoms with Gasteiger partial charge in [0.2, 0.25) is 0 Å². The summed E-state index contributed by atoms with van der Waals surface area (Å²) in [5, 5.41) is 9.06. The van der Waals surface area contributed by atoms with Crippen molar-refractivity contribution in [3.05, 3.63) is 73.1 Å². The molecule has 1 aliphatic carbocycles. The maximum absolute atomic E-state index is 13.4. The number of likely N-dealkylation sites (N-methyl/N-ethyl adjacent to an activating group) is 1. The number of halogens is 2. The summed E-state index contributed by atoms with van der Waals surface area (Å²) < 4.78 is 30.5. The van der Waals surface area contributed by atoms with Crippen LogP contribution < -0.4 is 0 Å². The Balaban J connectivity index is 1.21. The monoisotopic (exact) mass is 511 g/mol. The van der Waals surface area contributed by atoms with E-state index in [9.17, 15) is 13.6 Å². The first-order valence-electron chi connectivity index (χ1n) is 12.5. The second-order valence-electron chi connectivity index (χ2n) is 10.0. The van der Waals surface area contributed by atoms with Crippen molar-refractivity contribution in [3.63, 3.8) is 0 Å². The van der Waals surface area contributed by atoms with Gasteiger partial charge in [0.15, 0.2) is 5.82 Å². The summed E-state index contributed by atoms with van der Waals surface area (Å²) in [5.41, 5.74) is 6.03. The number of hydrogen-bond acceptors (Lipinski definition) is 5. The van der Waals surface area contributed by atoms with Crippen LogP contribution in [-0.4, -0.2) is 59.6 Å². The van der Waals surface area contributed by atoms with Crippen LogP contribution in [0.1, 0.15) is 29.4 Å². The minimum Gasteiger partial charge on any atom is -0.339 e. The Bertz CT molecular complexity index is 1700. The molecule has 8 nitrogen and oxygen atoms in total. The van der Waals surface area contributed by atoms with Crippen LogP contribution in [0.5, 0.6) is 0 Å². The van der Waals surface area contributed by atoms with Crippen LogP contribution in [-0.2, 0) is 6.54 Å². The molecule has 1 saturated carbocycles. The largest absolute Gasteiger partial charge is 0.339 e. The van der Waals surface area contributed by atoms with Gasteiger partial charge in [-0.05, 0) is 29.3 Å². The van der Waals surface area contributed by atoms with Crippen molar-refractivity contribution in [1.82, 2.24) is 34.2 Å². The lowest BCUT2D eigenvalue weighted by Gasteiger charge is -2.36. The number of aromatic nitrogens is 6. The predicted molar refractivity (Wildman–Crippen MR) is 138 cm³/mol. The van der Waals surface area contributed by atoms with Gasteiger partial charge in [0.05, 0.1) is 0 Å². The van der Waals surface area contributed by atoms with Crippen molar-refractivity contribution in [2.45, 2.75) is 31.4 Å². The molecule has 0 unspecified atom stereocenters. The second kappa shape index (κ2) is 8.27. The molecule has 0 spiro atoms. The Labute approximate surface area is 216 Å². The quantitative estimate of drug-likeness (QED) is 0.336. The van der Waals surface area contributed by atoms with E-state index in [4.69, 9.17) is 0 Å². The Kier molecular flexibility index (Phi) is 4.94. The molecule has 1 amide bonds. The molecule has 1 fully saturated rings. The molecule has 0 N–H and O–H groups in total. The number of fused-ring (bicyclic) bond motifs is 3. The van der Waals surface area contributed by atoms with Crippen LogP contribution in [0.25, 0.3) is 44.7 Å². The average Bonchev–Trinajstić information content (AvgIpc) is 3.55. The molecule has 0 bridgehead atoms. The predicted octanol–water partition coefficient (Wildman–Crippen LogP) is 5.08. The van der Waals surface area contributed by atoms with Gasteiger partial charge < -0.3 is 14.0 Å². The highest BCUT2D eigenvalue weighted by molar-refractivity contribution is 6.03. The SMILES string of the molecule is CN1CCn2c(cc3c(-c4cncc(-c5ccc(-c6nncn6C6CC(F)(F)C6)cc5)c4)ccnc32)C1=O. The maximum atomic E-state index is 13.4. The summed E-state index contributed by atoms with van der Waals surface area (Å²) in [6.45, 7) is 1.36. The maximum Gasteiger partial charge on any atom is 0.270 e. The van der Waals surface area contributed by atoms with Crippen molar-refractivity contribution in [3.8, 4) is 33.6 Å². The van der Waals surface area contributed by atoms with E-state index in [2.05, 4.69) is 26.2 Å². The van der Waals surface area contributed by atoms with Crippen molar-refractivity contribution in [1.29, 1.82) is 0 Å². The number of hydrogen-bond donors (Lipinski definition) is 0. The third kappa shape index (κ3) is 3.59. The molecular weight excluding hydrogens is 488 g/mol. The van der Waals surface area contributed by atoms with Crippen LogP contribution in [0.2, 0.25) is 0 Å². The fourth-order valence-electron chi connectivity index (χ4n) is 5.45. The molecular formula is C28H23F2N7O. The number of rotatable bonds is 4. The molecule has 2 aliphatic rings. The van der Waals surface area contributed by atoms with Gasteiger partial charge in [0, 0.05) is 79.7 Å². The van der Waals surface area contributed by atoms with Crippen LogP contribution in [0.15, 0.2) is 67.4 Å². The molecule has 38 heavy (non-hydrogen) atoms. The lowest BCUT2D eigenvalue weighted by atomic mass is 9.88. The van der Waals surface area contributed by atoms with Gasteiger partial charge in [0.25, 0.3) is 11.8 Å². The first-order valence-corrected chi connectivity index (χ1v) is 12.5. The fourth-order valence-corrected chi connectivity index (χ4v) is 5.45. The van der Waals surface area contributed by atoms with Crippen molar-refractivity contribution in [2.24, 2.45) is 0 Å². The minimum atomic E-state index is -2.61. The second-order valence-corrected chi connectivity index (χ2v) is 10.0. The highest BCUT2D eigenvalue weighted by atomic mass is 19.3. The Morgan fingerprint density at radius 1 is 0.947 bits per heavy atom. The smallest absolute Gasteiger partial charge is 0.270 e. The van der Waals surface area contributed by atoms with Gasteiger partial charge in [-0.15, -0.1) is 10.2 Å². The van der Waals surface area contributed by atoms with Gasteiger partial charge in [-0.2, -0.15) is 0 Å². The lowest BCUT2D eigenvalue weighted by Crippen LogP contribution is -2.37. The van der Waals surface area contributed by atoms with E-state index >= 15 is 0 Å². The molecule has 1 aromatic carbocycles. The number of nitrogens with zero attached hydrogens (tertiary/aromatic N) is 7. The topological polar surface area (TPSA) is 81.7 Å². The molecule has 0 saturated heterocycles. The lowest BCUT2D eigenvalue weighted by molar-refractivity contribution is -0.103. The zero-order valence-electron chi connectivity index (χ0n) is 20.6. The van der Waals surface area contributed by atoms with Crippen LogP contribution in [0, 0.1) is 0 Å². The number of pyridine rings is 2. The summed E-state index contributed by atoms with van der Waals surface area (Å²) in [7, 11) is 1.81. The van der Waals surface area contributed by atoms with Crippen LogP contribution >= 0.6 is 0 Å². The number of alkyl halides is 2. The molecule has 7 rings (SSSR count). The third-order valence-electron chi connectivity index (χ3n) is 7.58. The van der Waals surface area contributed by atoms with Gasteiger partial charge >= 0.3 is 0 Å². The molecule has 10 heteroatoms. The van der Waals surface area contributed by atoms with Crippen LogP contribution in [0.3, 0.4) is 0 Å². The summed E-state index contributed by atoms with van der Waals surface area (Å²) in [6.07, 6.45) is 6.53. The summed E-state index contributed by atoms with van der Waals surface area (Å²) in [5.74, 6) is -2.03. The number of carbonyl (C=O) groups excluding carboxylic acids is 1. The van der Waals surface area contributed by atoms with E-state index < -0.39 is 5.92 Å². The molecule has 190 valence electrons. The molecule has 5 aromatic rings. The van der Waals surface area contributed by atoms with Crippen molar-refractivity contribution < 1.29 is 13.6 Å². The Morgan fingerprint density at radius 2 is 1.71 bits per heavy atom. The zero-order chi connectivity index (χ0) is 26.0. The van der Waals surface area contributed by atoms with Gasteiger partial charge in [-0.1, -0.05) is 24.3 Å². The highest BCUT2D eigenvalue weighted by Gasteiger charge is 2.47. The van der Waals surface area contributed by atoms with E-state index in [1.807, 2.05) is 54.2 Å². The first-order chi connectivity index (χ1) is 18.4. The van der Waals surface area contributed by atoms with Crippen molar-refractivity contribution >= 4 is 16.9 Å². The van der Waals surface area contributed by atoms with E-state index in [1.54, 1.807) is 21.9 Å². The van der Waals surface area contributed by atoms with Crippen molar-refractivity contribution in [2.75, 3.05) is 13.6 Å². The minimum absolute atomic E-state index is 0.00554. The Morgan fingerprint density at radius 3 is 2.50 bits per heavy atom. The van der Waals surface area contributed by atoms with Gasteiger partial charge in [-0.3, -0.25) is 9.78 Å². The standard InChI is InChI=1S/C28H23F2N7O/c1-35-8-9-36-24(27(35)38)11-23-22(6-7-32-26(23)36)20-10-19(14-31-15-20)17-2-4-18(5-3-17)25-34-33-16-37(25)21-12-28(29,30)13-21/h2-7,10-11,14-16,21H,8-9,12-13H2,1H3. The molecule has 4 aromatic heterocycles. The average molecular weight is 512 g/mol. The van der Waals surface area contributed by atoms with Crippen LogP contribution in [0.4, 0.5) is 8.78 Å². The number of amides is 1. The molecule has 0 atom stereocenters. The number of carbonyl (C=O) groups is 1. The van der Waals surface area contributed by atoms with E-state index in [0.29, 0.717) is 24.6 Å². The summed E-state index contributed by atoms with van der Waals surface area (Å²) >= 11 is 0. The Hall–Kier alpha value is -4.47. The first kappa shape index (κ1) is 22.7. The fraction of sp³-hybridized carbons (Fsp3) is 0.250. The van der Waals surface area contributed by atoms with Gasteiger partial charge in [0.1, 0.15) is 17.7 Å². The van der Waals surface area contributed by atoms with E-state index in [0.717, 1.165) is 38.9 Å².